The average Bonchev–Trinajstić information content (AvgIpc) is 2.49. The fraction of sp³-hybridized carbons (Fsp3) is 0.632. The Morgan fingerprint density at radius 1 is 1.33 bits per heavy atom. The van der Waals surface area contributed by atoms with Crippen molar-refractivity contribution in [2.45, 2.75) is 59.1 Å². The van der Waals surface area contributed by atoms with E-state index < -0.39 is 5.60 Å². The van der Waals surface area contributed by atoms with Gasteiger partial charge >= 0.3 is 6.09 Å². The van der Waals surface area contributed by atoms with Gasteiger partial charge in [0, 0.05) is 29.8 Å². The number of likely N-dealkylation sites (tertiary alicyclic amines) is 1. The number of hydrogen-bond acceptors (Lipinski definition) is 3. The van der Waals surface area contributed by atoms with Gasteiger partial charge in [0.2, 0.25) is 0 Å². The number of piperidine rings is 1. The number of amides is 1. The summed E-state index contributed by atoms with van der Waals surface area (Å²) in [6, 6.07) is 6.37. The van der Waals surface area contributed by atoms with E-state index in [9.17, 15) is 4.79 Å². The van der Waals surface area contributed by atoms with E-state index in [1.165, 1.54) is 0 Å². The van der Waals surface area contributed by atoms with E-state index in [0.29, 0.717) is 12.0 Å². The van der Waals surface area contributed by atoms with Crippen molar-refractivity contribution in [2.75, 3.05) is 18.4 Å². The lowest BCUT2D eigenvalue weighted by molar-refractivity contribution is 0.0179. The van der Waals surface area contributed by atoms with Gasteiger partial charge in [0.1, 0.15) is 5.60 Å². The second kappa shape index (κ2) is 7.64. The Morgan fingerprint density at radius 2 is 1.96 bits per heavy atom. The highest BCUT2D eigenvalue weighted by Crippen LogP contribution is 2.26. The molecule has 1 fully saturated rings. The van der Waals surface area contributed by atoms with Crippen molar-refractivity contribution in [1.29, 1.82) is 0 Å². The van der Waals surface area contributed by atoms with E-state index in [4.69, 9.17) is 16.3 Å². The Hall–Kier alpha value is -1.42. The van der Waals surface area contributed by atoms with Crippen molar-refractivity contribution in [3.05, 3.63) is 28.8 Å². The molecule has 0 radical (unpaired) electrons. The van der Waals surface area contributed by atoms with Gasteiger partial charge in [-0.15, -0.1) is 0 Å². The SMILES string of the molecule is Cc1cc(NC(C)C2CCN(C(=O)OC(C)(C)C)CC2)ccc1Cl. The third-order valence-corrected chi connectivity index (χ3v) is 4.87. The molecule has 0 aliphatic carbocycles. The van der Waals surface area contributed by atoms with Gasteiger partial charge in [0.05, 0.1) is 0 Å². The topological polar surface area (TPSA) is 41.6 Å². The summed E-state index contributed by atoms with van der Waals surface area (Å²) < 4.78 is 5.45. The van der Waals surface area contributed by atoms with Gasteiger partial charge < -0.3 is 15.0 Å². The summed E-state index contributed by atoms with van der Waals surface area (Å²) in [6.45, 7) is 11.4. The van der Waals surface area contributed by atoms with E-state index in [-0.39, 0.29) is 6.09 Å². The second-order valence-electron chi connectivity index (χ2n) is 7.70. The molecule has 4 nitrogen and oxygen atoms in total. The maximum atomic E-state index is 12.1. The zero-order chi connectivity index (χ0) is 17.9. The van der Waals surface area contributed by atoms with Crippen molar-refractivity contribution >= 4 is 23.4 Å². The zero-order valence-corrected chi connectivity index (χ0v) is 16.1. The number of aryl methyl sites for hydroxylation is 1. The molecule has 1 aromatic carbocycles. The highest BCUT2D eigenvalue weighted by molar-refractivity contribution is 6.31. The van der Waals surface area contributed by atoms with Crippen molar-refractivity contribution < 1.29 is 9.53 Å². The number of hydrogen-bond donors (Lipinski definition) is 1. The van der Waals surface area contributed by atoms with Crippen LogP contribution in [0.5, 0.6) is 0 Å². The Labute approximate surface area is 150 Å². The van der Waals surface area contributed by atoms with Gasteiger partial charge in [0.15, 0.2) is 0 Å². The fourth-order valence-corrected chi connectivity index (χ4v) is 3.14. The molecular weight excluding hydrogens is 324 g/mol. The molecule has 134 valence electrons. The summed E-state index contributed by atoms with van der Waals surface area (Å²) in [7, 11) is 0. The molecule has 1 aliphatic rings. The molecule has 24 heavy (non-hydrogen) atoms. The average molecular weight is 353 g/mol. The van der Waals surface area contributed by atoms with Crippen LogP contribution in [0.15, 0.2) is 18.2 Å². The number of rotatable bonds is 3. The molecule has 1 N–H and O–H groups in total. The number of anilines is 1. The highest BCUT2D eigenvalue weighted by atomic mass is 35.5. The number of nitrogens with zero attached hydrogens (tertiary/aromatic N) is 1. The van der Waals surface area contributed by atoms with E-state index in [0.717, 1.165) is 42.2 Å². The lowest BCUT2D eigenvalue weighted by atomic mass is 9.90. The maximum Gasteiger partial charge on any atom is 0.410 e. The van der Waals surface area contributed by atoms with Crippen LogP contribution in [0, 0.1) is 12.8 Å². The van der Waals surface area contributed by atoms with Crippen molar-refractivity contribution in [1.82, 2.24) is 4.90 Å². The first-order valence-corrected chi connectivity index (χ1v) is 9.04. The quantitative estimate of drug-likeness (QED) is 0.823. The maximum absolute atomic E-state index is 12.1. The Morgan fingerprint density at radius 3 is 2.50 bits per heavy atom. The van der Waals surface area contributed by atoms with Gasteiger partial charge in [-0.25, -0.2) is 4.79 Å². The fourth-order valence-electron chi connectivity index (χ4n) is 3.02. The number of benzene rings is 1. The number of ether oxygens (including phenoxy) is 1. The summed E-state index contributed by atoms with van der Waals surface area (Å²) >= 11 is 6.08. The molecule has 1 aromatic rings. The molecule has 0 aromatic heterocycles. The predicted molar refractivity (Wildman–Crippen MR) is 99.8 cm³/mol. The van der Waals surface area contributed by atoms with E-state index in [1.54, 1.807) is 0 Å². The highest BCUT2D eigenvalue weighted by Gasteiger charge is 2.29. The predicted octanol–water partition coefficient (Wildman–Crippen LogP) is 5.10. The normalized spacial score (nSPS) is 17.5. The molecular formula is C19H29ClN2O2. The Kier molecular flexibility index (Phi) is 6.02. The van der Waals surface area contributed by atoms with Crippen LogP contribution in [0.2, 0.25) is 5.02 Å². The molecule has 2 rings (SSSR count). The molecule has 0 spiro atoms. The van der Waals surface area contributed by atoms with Gasteiger partial charge in [0.25, 0.3) is 0 Å². The van der Waals surface area contributed by atoms with Gasteiger partial charge in [-0.05, 0) is 77.1 Å². The van der Waals surface area contributed by atoms with Crippen molar-refractivity contribution in [3.63, 3.8) is 0 Å². The summed E-state index contributed by atoms with van der Waals surface area (Å²) in [5, 5.41) is 4.36. The van der Waals surface area contributed by atoms with E-state index in [2.05, 4.69) is 18.3 Å². The molecule has 1 amide bonds. The summed E-state index contributed by atoms with van der Waals surface area (Å²) in [6.07, 6.45) is 1.77. The first-order chi connectivity index (χ1) is 11.2. The summed E-state index contributed by atoms with van der Waals surface area (Å²) in [5.74, 6) is 0.541. The van der Waals surface area contributed by atoms with Crippen LogP contribution in [-0.4, -0.2) is 35.7 Å². The molecule has 1 atom stereocenters. The van der Waals surface area contributed by atoms with Crippen LogP contribution in [-0.2, 0) is 4.74 Å². The molecule has 1 unspecified atom stereocenters. The minimum absolute atomic E-state index is 0.199. The summed E-state index contributed by atoms with van der Waals surface area (Å²) in [5.41, 5.74) is 1.74. The molecule has 5 heteroatoms. The first kappa shape index (κ1) is 18.9. The minimum atomic E-state index is -0.435. The van der Waals surface area contributed by atoms with Gasteiger partial charge in [-0.2, -0.15) is 0 Å². The van der Waals surface area contributed by atoms with Crippen LogP contribution in [0.1, 0.15) is 46.1 Å². The van der Waals surface area contributed by atoms with E-state index >= 15 is 0 Å². The molecule has 1 heterocycles. The van der Waals surface area contributed by atoms with Crippen LogP contribution in [0.4, 0.5) is 10.5 Å². The van der Waals surface area contributed by atoms with Gasteiger partial charge in [-0.3, -0.25) is 0 Å². The number of nitrogens with one attached hydrogen (secondary N) is 1. The summed E-state index contributed by atoms with van der Waals surface area (Å²) in [4.78, 5) is 13.9. The first-order valence-electron chi connectivity index (χ1n) is 8.66. The second-order valence-corrected chi connectivity index (χ2v) is 8.11. The molecule has 1 aliphatic heterocycles. The smallest absolute Gasteiger partial charge is 0.410 e. The van der Waals surface area contributed by atoms with E-state index in [1.807, 2.05) is 44.7 Å². The zero-order valence-electron chi connectivity index (χ0n) is 15.4. The third-order valence-electron chi connectivity index (χ3n) is 4.45. The van der Waals surface area contributed by atoms with Crippen molar-refractivity contribution in [2.24, 2.45) is 5.92 Å². The van der Waals surface area contributed by atoms with Crippen LogP contribution >= 0.6 is 11.6 Å². The molecule has 0 bridgehead atoms. The van der Waals surface area contributed by atoms with Crippen LogP contribution < -0.4 is 5.32 Å². The van der Waals surface area contributed by atoms with Crippen LogP contribution in [0.3, 0.4) is 0 Å². The van der Waals surface area contributed by atoms with Crippen molar-refractivity contribution in [3.8, 4) is 0 Å². The van der Waals surface area contributed by atoms with Crippen LogP contribution in [0.25, 0.3) is 0 Å². The number of halogens is 1. The largest absolute Gasteiger partial charge is 0.444 e. The number of carbonyl (C=O) groups is 1. The van der Waals surface area contributed by atoms with Gasteiger partial charge in [-0.1, -0.05) is 11.6 Å². The molecule has 0 saturated carbocycles. The number of carbonyl (C=O) groups excluding carboxylic acids is 1. The minimum Gasteiger partial charge on any atom is -0.444 e. The Bertz CT molecular complexity index is 575. The standard InChI is InChI=1S/C19H29ClN2O2/c1-13-12-16(6-7-17(13)20)21-14(2)15-8-10-22(11-9-15)18(23)24-19(3,4)5/h6-7,12,14-15,21H,8-11H2,1-5H3. The lowest BCUT2D eigenvalue weighted by Crippen LogP contribution is -2.44. The Balaban J connectivity index is 1.85. The third kappa shape index (κ3) is 5.30. The molecule has 1 saturated heterocycles. The lowest BCUT2D eigenvalue weighted by Gasteiger charge is -2.36. The monoisotopic (exact) mass is 352 g/mol.